The van der Waals surface area contributed by atoms with Crippen LogP contribution in [0.25, 0.3) is 0 Å². The summed E-state index contributed by atoms with van der Waals surface area (Å²) in [6, 6.07) is 0.446. The number of nitrogens with one attached hydrogen (secondary N) is 1. The van der Waals surface area contributed by atoms with Crippen molar-refractivity contribution in [3.63, 3.8) is 0 Å². The number of anilines is 2. The van der Waals surface area contributed by atoms with Crippen LogP contribution in [0.15, 0.2) is 0 Å². The minimum atomic E-state index is -0.139. The third-order valence-corrected chi connectivity index (χ3v) is 4.06. The summed E-state index contributed by atoms with van der Waals surface area (Å²) in [5.41, 5.74) is 6.61. The highest BCUT2D eigenvalue weighted by molar-refractivity contribution is 5.67. The Bertz CT molecular complexity index is 488. The molecule has 0 atom stereocenters. The Kier molecular flexibility index (Phi) is 5.48. The van der Waals surface area contributed by atoms with E-state index in [9.17, 15) is 0 Å². The number of hydrogen-bond donors (Lipinski definition) is 2. The summed E-state index contributed by atoms with van der Waals surface area (Å²) in [5.74, 6) is 2.00. The van der Waals surface area contributed by atoms with Gasteiger partial charge in [-0.3, -0.25) is 0 Å². The van der Waals surface area contributed by atoms with E-state index in [1.165, 1.54) is 38.5 Å². The maximum Gasteiger partial charge on any atom is 0.242 e. The molecule has 0 amide bonds. The summed E-state index contributed by atoms with van der Waals surface area (Å²) in [5, 5.41) is 3.54. The van der Waals surface area contributed by atoms with Crippen LogP contribution in [-0.4, -0.2) is 22.6 Å². The van der Waals surface area contributed by atoms with E-state index >= 15 is 0 Å². The van der Waals surface area contributed by atoms with Crippen LogP contribution in [-0.2, 0) is 5.41 Å². The average Bonchev–Trinajstić information content (AvgIpc) is 2.70. The van der Waals surface area contributed by atoms with Gasteiger partial charge in [-0.2, -0.15) is 4.98 Å². The van der Waals surface area contributed by atoms with Crippen LogP contribution in [0.5, 0.6) is 5.88 Å². The van der Waals surface area contributed by atoms with Gasteiger partial charge in [-0.1, -0.05) is 46.5 Å². The molecule has 0 saturated heterocycles. The molecule has 1 aromatic rings. The molecule has 2 rings (SSSR count). The van der Waals surface area contributed by atoms with Crippen LogP contribution in [0.4, 0.5) is 11.5 Å². The summed E-state index contributed by atoms with van der Waals surface area (Å²) in [7, 11) is 0. The van der Waals surface area contributed by atoms with Gasteiger partial charge >= 0.3 is 0 Å². The van der Waals surface area contributed by atoms with Crippen molar-refractivity contribution < 1.29 is 4.74 Å². The first kappa shape index (κ1) is 16.8. The fraction of sp³-hybridized carbons (Fsp3) is 0.765. The van der Waals surface area contributed by atoms with Gasteiger partial charge in [-0.05, 0) is 19.8 Å². The van der Waals surface area contributed by atoms with Crippen molar-refractivity contribution in [2.75, 3.05) is 17.7 Å². The van der Waals surface area contributed by atoms with Crippen LogP contribution in [0.2, 0.25) is 0 Å². The zero-order valence-corrected chi connectivity index (χ0v) is 14.4. The third kappa shape index (κ3) is 4.24. The normalized spacial score (nSPS) is 17.1. The first-order chi connectivity index (χ1) is 10.4. The van der Waals surface area contributed by atoms with Crippen LogP contribution >= 0.6 is 0 Å². The van der Waals surface area contributed by atoms with Crippen molar-refractivity contribution in [3.8, 4) is 5.88 Å². The number of rotatable bonds is 4. The molecule has 1 saturated carbocycles. The minimum Gasteiger partial charge on any atom is -0.476 e. The Labute approximate surface area is 134 Å². The maximum atomic E-state index is 6.23. The molecule has 0 aromatic carbocycles. The Morgan fingerprint density at radius 2 is 1.77 bits per heavy atom. The van der Waals surface area contributed by atoms with Crippen LogP contribution in [0.1, 0.15) is 72.0 Å². The minimum absolute atomic E-state index is 0.139. The van der Waals surface area contributed by atoms with Gasteiger partial charge in [0.1, 0.15) is 11.5 Å². The third-order valence-electron chi connectivity index (χ3n) is 4.06. The lowest BCUT2D eigenvalue weighted by Gasteiger charge is -2.23. The van der Waals surface area contributed by atoms with E-state index in [4.69, 9.17) is 10.5 Å². The Morgan fingerprint density at radius 3 is 2.32 bits per heavy atom. The molecule has 0 radical (unpaired) electrons. The van der Waals surface area contributed by atoms with Crippen molar-refractivity contribution >= 4 is 11.5 Å². The molecule has 1 aliphatic carbocycles. The fourth-order valence-electron chi connectivity index (χ4n) is 2.76. The largest absolute Gasteiger partial charge is 0.476 e. The predicted molar refractivity (Wildman–Crippen MR) is 91.4 cm³/mol. The van der Waals surface area contributed by atoms with Gasteiger partial charge in [0.15, 0.2) is 5.82 Å². The van der Waals surface area contributed by atoms with E-state index < -0.39 is 0 Å². The van der Waals surface area contributed by atoms with Gasteiger partial charge < -0.3 is 15.8 Å². The van der Waals surface area contributed by atoms with Crippen LogP contribution in [0.3, 0.4) is 0 Å². The number of aromatic nitrogens is 2. The van der Waals surface area contributed by atoms with Gasteiger partial charge in [0.2, 0.25) is 5.88 Å². The zero-order valence-electron chi connectivity index (χ0n) is 14.4. The molecular weight excluding hydrogens is 276 g/mol. The zero-order chi connectivity index (χ0) is 16.2. The van der Waals surface area contributed by atoms with Gasteiger partial charge in [0.25, 0.3) is 0 Å². The van der Waals surface area contributed by atoms with Gasteiger partial charge in [-0.25, -0.2) is 4.98 Å². The van der Waals surface area contributed by atoms with Gasteiger partial charge in [0, 0.05) is 11.5 Å². The standard InChI is InChI=1S/C17H30N4O/c1-5-22-15-13(18)14(20-16(21-15)17(2,3)4)19-12-10-8-6-7-9-11-12/h12H,5-11,18H2,1-4H3,(H,19,20,21). The topological polar surface area (TPSA) is 73.1 Å². The molecule has 1 fully saturated rings. The highest BCUT2D eigenvalue weighted by atomic mass is 16.5. The van der Waals surface area contributed by atoms with Gasteiger partial charge in [-0.15, -0.1) is 0 Å². The van der Waals surface area contributed by atoms with E-state index in [0.717, 1.165) is 11.6 Å². The van der Waals surface area contributed by atoms with E-state index in [0.29, 0.717) is 24.2 Å². The first-order valence-corrected chi connectivity index (χ1v) is 8.49. The molecule has 3 N–H and O–H groups in total. The SMILES string of the molecule is CCOc1nc(C(C)(C)C)nc(NC2CCCCCC2)c1N. The van der Waals surface area contributed by atoms with Crippen molar-refractivity contribution in [2.45, 2.75) is 77.7 Å². The van der Waals surface area contributed by atoms with Crippen molar-refractivity contribution in [2.24, 2.45) is 0 Å². The summed E-state index contributed by atoms with van der Waals surface area (Å²) in [6.07, 6.45) is 7.56. The first-order valence-electron chi connectivity index (χ1n) is 8.49. The van der Waals surface area contributed by atoms with E-state index in [1.54, 1.807) is 0 Å². The van der Waals surface area contributed by atoms with Crippen molar-refractivity contribution in [1.29, 1.82) is 0 Å². The second kappa shape index (κ2) is 7.16. The molecular formula is C17H30N4O. The summed E-state index contributed by atoms with van der Waals surface area (Å²) in [4.78, 5) is 9.19. The lowest BCUT2D eigenvalue weighted by Crippen LogP contribution is -2.24. The molecule has 1 aliphatic rings. The molecule has 124 valence electrons. The Morgan fingerprint density at radius 1 is 1.14 bits per heavy atom. The van der Waals surface area contributed by atoms with E-state index in [2.05, 4.69) is 36.1 Å². The molecule has 0 unspecified atom stereocenters. The molecule has 1 aromatic heterocycles. The van der Waals surface area contributed by atoms with Gasteiger partial charge in [0.05, 0.1) is 6.61 Å². The number of nitrogen functional groups attached to an aromatic ring is 1. The number of hydrogen-bond acceptors (Lipinski definition) is 5. The quantitative estimate of drug-likeness (QED) is 0.826. The highest BCUT2D eigenvalue weighted by Gasteiger charge is 2.23. The second-order valence-electron chi connectivity index (χ2n) is 7.13. The van der Waals surface area contributed by atoms with E-state index in [-0.39, 0.29) is 5.41 Å². The van der Waals surface area contributed by atoms with Crippen LogP contribution < -0.4 is 15.8 Å². The molecule has 5 heteroatoms. The summed E-state index contributed by atoms with van der Waals surface area (Å²) in [6.45, 7) is 8.79. The van der Waals surface area contributed by atoms with Crippen molar-refractivity contribution in [3.05, 3.63) is 5.82 Å². The molecule has 1 heterocycles. The lowest BCUT2D eigenvalue weighted by atomic mass is 9.95. The number of nitrogens with zero attached hydrogens (tertiary/aromatic N) is 2. The maximum absolute atomic E-state index is 6.23. The lowest BCUT2D eigenvalue weighted by molar-refractivity contribution is 0.324. The molecule has 5 nitrogen and oxygen atoms in total. The fourth-order valence-corrected chi connectivity index (χ4v) is 2.76. The smallest absolute Gasteiger partial charge is 0.242 e. The molecule has 22 heavy (non-hydrogen) atoms. The predicted octanol–water partition coefficient (Wildman–Crippen LogP) is 3.89. The molecule has 0 aliphatic heterocycles. The Balaban J connectivity index is 2.29. The monoisotopic (exact) mass is 306 g/mol. The average molecular weight is 306 g/mol. The Hall–Kier alpha value is -1.52. The number of nitrogens with two attached hydrogens (primary N) is 1. The van der Waals surface area contributed by atoms with E-state index in [1.807, 2.05) is 6.92 Å². The second-order valence-corrected chi connectivity index (χ2v) is 7.13. The van der Waals surface area contributed by atoms with Crippen molar-refractivity contribution in [1.82, 2.24) is 9.97 Å². The van der Waals surface area contributed by atoms with Crippen LogP contribution in [0, 0.1) is 0 Å². The molecule has 0 bridgehead atoms. The summed E-state index contributed by atoms with van der Waals surface area (Å²) >= 11 is 0. The highest BCUT2D eigenvalue weighted by Crippen LogP contribution is 2.32. The number of ether oxygens (including phenoxy) is 1. The summed E-state index contributed by atoms with van der Waals surface area (Å²) < 4.78 is 5.61. The molecule has 0 spiro atoms.